The third-order valence-electron chi connectivity index (χ3n) is 3.76. The van der Waals surface area contributed by atoms with Crippen LogP contribution in [0.25, 0.3) is 17.5 Å². The van der Waals surface area contributed by atoms with Crippen LogP contribution in [-0.2, 0) is 4.79 Å². The van der Waals surface area contributed by atoms with Crippen LogP contribution in [-0.4, -0.2) is 40.6 Å². The SMILES string of the molecule is COc1cc(OC)cc(-c2nnc(S/C(=C\c3cc(I)cc(I)c3O)C(=O)O)o2)c1. The number of phenolic OH excluding ortho intramolecular Hbond substituents is 1. The number of aromatic hydroxyl groups is 1. The van der Waals surface area contributed by atoms with E-state index < -0.39 is 5.97 Å². The average Bonchev–Trinajstić information content (AvgIpc) is 3.19. The quantitative estimate of drug-likeness (QED) is 0.209. The maximum atomic E-state index is 11.7. The lowest BCUT2D eigenvalue weighted by Gasteiger charge is -2.06. The van der Waals surface area contributed by atoms with Crippen LogP contribution in [0.1, 0.15) is 5.56 Å². The lowest BCUT2D eigenvalue weighted by atomic mass is 10.2. The number of ether oxygens (including phenoxy) is 2. The third kappa shape index (κ3) is 5.37. The molecule has 30 heavy (non-hydrogen) atoms. The molecule has 0 saturated carbocycles. The number of nitrogens with zero attached hydrogens (tertiary/aromatic N) is 2. The lowest BCUT2D eigenvalue weighted by molar-refractivity contribution is -0.131. The van der Waals surface area contributed by atoms with Gasteiger partial charge in [-0.25, -0.2) is 4.79 Å². The minimum Gasteiger partial charge on any atom is -0.506 e. The molecule has 0 amide bonds. The van der Waals surface area contributed by atoms with Crippen molar-refractivity contribution in [1.29, 1.82) is 0 Å². The number of hydrogen-bond acceptors (Lipinski definition) is 8. The molecular formula is C19H14I2N2O6S. The third-order valence-corrected chi connectivity index (χ3v) is 6.05. The van der Waals surface area contributed by atoms with Gasteiger partial charge in [0.2, 0.25) is 5.89 Å². The van der Waals surface area contributed by atoms with Crippen LogP contribution in [0, 0.1) is 7.14 Å². The molecule has 8 nitrogen and oxygen atoms in total. The summed E-state index contributed by atoms with van der Waals surface area (Å²) in [4.78, 5) is 11.7. The number of carbonyl (C=O) groups is 1. The number of carboxylic acids is 1. The van der Waals surface area contributed by atoms with Crippen molar-refractivity contribution in [2.24, 2.45) is 0 Å². The summed E-state index contributed by atoms with van der Waals surface area (Å²) in [6, 6.07) is 8.57. The van der Waals surface area contributed by atoms with Crippen molar-refractivity contribution in [2.75, 3.05) is 14.2 Å². The summed E-state index contributed by atoms with van der Waals surface area (Å²) in [6.07, 6.45) is 1.37. The number of benzene rings is 2. The van der Waals surface area contributed by atoms with E-state index in [1.54, 1.807) is 30.3 Å². The second-order valence-corrected chi connectivity index (χ2v) is 9.12. The molecule has 0 aliphatic heterocycles. The molecule has 0 aliphatic rings. The molecule has 0 saturated heterocycles. The van der Waals surface area contributed by atoms with E-state index in [2.05, 4.69) is 32.8 Å². The highest BCUT2D eigenvalue weighted by Gasteiger charge is 2.18. The second kappa shape index (κ2) is 9.87. The Hall–Kier alpha value is -2.00. The first-order valence-electron chi connectivity index (χ1n) is 8.18. The number of aromatic nitrogens is 2. The van der Waals surface area contributed by atoms with Gasteiger partial charge in [0, 0.05) is 20.8 Å². The first kappa shape index (κ1) is 22.7. The zero-order valence-electron chi connectivity index (χ0n) is 15.6. The number of thioether (sulfide) groups is 1. The van der Waals surface area contributed by atoms with Crippen molar-refractivity contribution >= 4 is 69.0 Å². The van der Waals surface area contributed by atoms with Gasteiger partial charge in [0.1, 0.15) is 22.2 Å². The van der Waals surface area contributed by atoms with E-state index in [1.807, 2.05) is 22.6 Å². The van der Waals surface area contributed by atoms with Crippen LogP contribution in [0.2, 0.25) is 0 Å². The van der Waals surface area contributed by atoms with Crippen LogP contribution >= 0.6 is 56.9 Å². The Labute approximate surface area is 203 Å². The van der Waals surface area contributed by atoms with Crippen molar-refractivity contribution in [3.63, 3.8) is 0 Å². The van der Waals surface area contributed by atoms with Gasteiger partial charge in [-0.05, 0) is 87.3 Å². The highest BCUT2D eigenvalue weighted by Crippen LogP contribution is 2.35. The summed E-state index contributed by atoms with van der Waals surface area (Å²) >= 11 is 4.87. The fraction of sp³-hybridized carbons (Fsp3) is 0.105. The summed E-state index contributed by atoms with van der Waals surface area (Å²) in [5.74, 6) is 0.102. The Morgan fingerprint density at radius 3 is 2.37 bits per heavy atom. The molecule has 2 N–H and O–H groups in total. The van der Waals surface area contributed by atoms with E-state index in [0.29, 0.717) is 26.2 Å². The van der Waals surface area contributed by atoms with Gasteiger partial charge in [0.15, 0.2) is 0 Å². The first-order chi connectivity index (χ1) is 14.3. The summed E-state index contributed by atoms with van der Waals surface area (Å²) in [5.41, 5.74) is 0.949. The van der Waals surface area contributed by atoms with Crippen LogP contribution in [0.15, 0.2) is 44.9 Å². The number of aliphatic carboxylic acids is 1. The Morgan fingerprint density at radius 2 is 1.77 bits per heavy atom. The van der Waals surface area contributed by atoms with Gasteiger partial charge in [-0.1, -0.05) is 0 Å². The molecule has 3 aromatic rings. The van der Waals surface area contributed by atoms with Gasteiger partial charge in [0.25, 0.3) is 5.22 Å². The van der Waals surface area contributed by atoms with Crippen molar-refractivity contribution in [3.05, 3.63) is 47.9 Å². The number of phenols is 1. The standard InChI is InChI=1S/C19H14I2N2O6S/c1-27-12-4-10(5-13(8-12)28-2)17-22-23-19(29-17)30-15(18(25)26)6-9-3-11(20)7-14(21)16(9)24/h3-8,24H,1-2H3,(H,25,26)/b15-6-. The molecule has 11 heteroatoms. The van der Waals surface area contributed by atoms with Gasteiger partial charge in [0.05, 0.1) is 17.8 Å². The van der Waals surface area contributed by atoms with Gasteiger partial charge in [-0.3, -0.25) is 0 Å². The molecule has 0 atom stereocenters. The van der Waals surface area contributed by atoms with Gasteiger partial charge in [-0.15, -0.1) is 10.2 Å². The molecule has 156 valence electrons. The molecule has 1 aromatic heterocycles. The van der Waals surface area contributed by atoms with E-state index in [4.69, 9.17) is 13.9 Å². The fourth-order valence-electron chi connectivity index (χ4n) is 2.36. The Kier molecular flexibility index (Phi) is 7.46. The van der Waals surface area contributed by atoms with Crippen molar-refractivity contribution < 1.29 is 28.9 Å². The summed E-state index contributed by atoms with van der Waals surface area (Å²) in [7, 11) is 3.05. The maximum Gasteiger partial charge on any atom is 0.342 e. The average molecular weight is 652 g/mol. The monoisotopic (exact) mass is 652 g/mol. The van der Waals surface area contributed by atoms with Crippen molar-refractivity contribution in [2.45, 2.75) is 5.22 Å². The van der Waals surface area contributed by atoms with E-state index >= 15 is 0 Å². The van der Waals surface area contributed by atoms with Gasteiger partial charge >= 0.3 is 5.97 Å². The largest absolute Gasteiger partial charge is 0.506 e. The number of hydrogen-bond donors (Lipinski definition) is 2. The van der Waals surface area contributed by atoms with E-state index in [1.165, 1.54) is 20.3 Å². The van der Waals surface area contributed by atoms with Crippen molar-refractivity contribution in [1.82, 2.24) is 10.2 Å². The summed E-state index contributed by atoms with van der Waals surface area (Å²) in [5, 5.41) is 27.8. The molecule has 3 rings (SSSR count). The molecule has 0 aliphatic carbocycles. The predicted octanol–water partition coefficient (Wildman–Crippen LogP) is 4.89. The zero-order chi connectivity index (χ0) is 21.8. The number of halogens is 2. The Morgan fingerprint density at radius 1 is 1.10 bits per heavy atom. The van der Waals surface area contributed by atoms with Crippen molar-refractivity contribution in [3.8, 4) is 28.7 Å². The zero-order valence-corrected chi connectivity index (χ0v) is 20.7. The first-order valence-corrected chi connectivity index (χ1v) is 11.2. The Balaban J connectivity index is 1.92. The number of methoxy groups -OCH3 is 2. The topological polar surface area (TPSA) is 115 Å². The minimum absolute atomic E-state index is 0.00468. The maximum absolute atomic E-state index is 11.7. The number of rotatable bonds is 7. The molecule has 0 spiro atoms. The molecule has 0 unspecified atom stereocenters. The van der Waals surface area contributed by atoms with Gasteiger partial charge in [-0.2, -0.15) is 0 Å². The van der Waals surface area contributed by atoms with E-state index in [0.717, 1.165) is 15.3 Å². The molecule has 0 fully saturated rings. The van der Waals surface area contributed by atoms with Crippen LogP contribution in [0.3, 0.4) is 0 Å². The van der Waals surface area contributed by atoms with Crippen LogP contribution in [0.5, 0.6) is 17.2 Å². The molecular weight excluding hydrogens is 638 g/mol. The summed E-state index contributed by atoms with van der Waals surface area (Å²) in [6.45, 7) is 0. The highest BCUT2D eigenvalue weighted by molar-refractivity contribution is 14.1. The van der Waals surface area contributed by atoms with Gasteiger partial charge < -0.3 is 24.1 Å². The lowest BCUT2D eigenvalue weighted by Crippen LogP contribution is -1.97. The number of carboxylic acid groups (broad SMARTS) is 1. The fourth-order valence-corrected chi connectivity index (χ4v) is 4.92. The second-order valence-electron chi connectivity index (χ2n) is 5.72. The molecule has 0 radical (unpaired) electrons. The summed E-state index contributed by atoms with van der Waals surface area (Å²) < 4.78 is 17.6. The minimum atomic E-state index is -1.18. The smallest absolute Gasteiger partial charge is 0.342 e. The van der Waals surface area contributed by atoms with E-state index in [-0.39, 0.29) is 21.8 Å². The van der Waals surface area contributed by atoms with E-state index in [9.17, 15) is 15.0 Å². The predicted molar refractivity (Wildman–Crippen MR) is 128 cm³/mol. The molecule has 2 aromatic carbocycles. The highest BCUT2D eigenvalue weighted by atomic mass is 127. The van der Waals surface area contributed by atoms with Crippen LogP contribution in [0.4, 0.5) is 0 Å². The normalized spacial score (nSPS) is 11.4. The molecule has 1 heterocycles. The Bertz CT molecular complexity index is 1110. The molecule has 0 bridgehead atoms. The van der Waals surface area contributed by atoms with Crippen LogP contribution < -0.4 is 9.47 Å².